The minimum Gasteiger partial charge on any atom is -0.493 e. The highest BCUT2D eigenvalue weighted by Gasteiger charge is 2.15. The smallest absolute Gasteiger partial charge is 0.255 e. The Bertz CT molecular complexity index is 712. The van der Waals surface area contributed by atoms with Crippen LogP contribution in [-0.4, -0.2) is 19.6 Å². The molecule has 3 N–H and O–H groups in total. The summed E-state index contributed by atoms with van der Waals surface area (Å²) in [5.74, 6) is 1.75. The molecule has 1 aromatic heterocycles. The van der Waals surface area contributed by atoms with E-state index in [4.69, 9.17) is 19.6 Å². The van der Waals surface area contributed by atoms with Gasteiger partial charge in [0.1, 0.15) is 12.0 Å². The lowest BCUT2D eigenvalue weighted by Gasteiger charge is -2.17. The van der Waals surface area contributed by atoms with Gasteiger partial charge in [-0.05, 0) is 37.1 Å². The quantitative estimate of drug-likeness (QED) is 0.629. The van der Waals surface area contributed by atoms with Crippen LogP contribution in [0, 0.1) is 0 Å². The number of nitrogens with one attached hydrogen (secondary N) is 1. The summed E-state index contributed by atoms with van der Waals surface area (Å²) in [4.78, 5) is 12.3. The van der Waals surface area contributed by atoms with Gasteiger partial charge in [0.2, 0.25) is 0 Å². The Morgan fingerprint density at radius 3 is 2.73 bits per heavy atom. The maximum absolute atomic E-state index is 12.3. The molecule has 0 aliphatic carbocycles. The number of carbonyl (C=O) groups is 1. The number of methoxy groups -OCH3 is 1. The summed E-state index contributed by atoms with van der Waals surface area (Å²) in [5.41, 5.74) is 6.89. The molecule has 0 spiro atoms. The van der Waals surface area contributed by atoms with Crippen LogP contribution in [0.25, 0.3) is 0 Å². The van der Waals surface area contributed by atoms with Crippen molar-refractivity contribution in [3.05, 3.63) is 47.4 Å². The fourth-order valence-electron chi connectivity index (χ4n) is 2.58. The molecule has 0 saturated carbocycles. The second-order valence-electron chi connectivity index (χ2n) is 6.17. The van der Waals surface area contributed by atoms with Crippen molar-refractivity contribution in [2.24, 2.45) is 5.73 Å². The standard InChI is InChI=1S/C20H28N2O4/c1-4-5-6-9-25-18-8-7-15(11-19(18)24-3)14(2)22-20(23)16-10-17(12-21)26-13-16/h7-8,10-11,13-14H,4-6,9,12,21H2,1-3H3,(H,22,23). The van der Waals surface area contributed by atoms with Gasteiger partial charge in [0.05, 0.1) is 31.9 Å². The molecule has 1 aromatic carbocycles. The fraction of sp³-hybridized carbons (Fsp3) is 0.450. The third-order valence-electron chi connectivity index (χ3n) is 4.16. The predicted octanol–water partition coefficient (Wildman–Crippen LogP) is 3.81. The summed E-state index contributed by atoms with van der Waals surface area (Å²) < 4.78 is 16.4. The van der Waals surface area contributed by atoms with Crippen LogP contribution in [0.2, 0.25) is 0 Å². The first-order valence-electron chi connectivity index (χ1n) is 8.98. The molecular weight excluding hydrogens is 332 g/mol. The van der Waals surface area contributed by atoms with Crippen LogP contribution in [0.3, 0.4) is 0 Å². The van der Waals surface area contributed by atoms with Crippen LogP contribution in [0.1, 0.15) is 60.8 Å². The minimum atomic E-state index is -0.209. The van der Waals surface area contributed by atoms with Crippen LogP contribution in [-0.2, 0) is 6.54 Å². The zero-order chi connectivity index (χ0) is 18.9. The Balaban J connectivity index is 2.01. The molecule has 1 amide bonds. The van der Waals surface area contributed by atoms with E-state index in [1.54, 1.807) is 13.2 Å². The van der Waals surface area contributed by atoms with Gasteiger partial charge in [-0.1, -0.05) is 25.8 Å². The molecule has 1 unspecified atom stereocenters. The molecule has 26 heavy (non-hydrogen) atoms. The SMILES string of the molecule is CCCCCOc1ccc(C(C)NC(=O)c2coc(CN)c2)cc1OC. The number of amides is 1. The fourth-order valence-corrected chi connectivity index (χ4v) is 2.58. The normalized spacial score (nSPS) is 11.8. The third kappa shape index (κ3) is 5.26. The number of hydrogen-bond acceptors (Lipinski definition) is 5. The second kappa shape index (κ2) is 9.87. The molecule has 0 fully saturated rings. The monoisotopic (exact) mass is 360 g/mol. The van der Waals surface area contributed by atoms with Gasteiger partial charge in [-0.3, -0.25) is 4.79 Å². The van der Waals surface area contributed by atoms with Crippen molar-refractivity contribution in [3.63, 3.8) is 0 Å². The van der Waals surface area contributed by atoms with Gasteiger partial charge in [-0.2, -0.15) is 0 Å². The molecule has 6 heteroatoms. The maximum Gasteiger partial charge on any atom is 0.255 e. The lowest BCUT2D eigenvalue weighted by Crippen LogP contribution is -2.26. The molecular formula is C20H28N2O4. The number of nitrogens with two attached hydrogens (primary N) is 1. The Kier molecular flexibility index (Phi) is 7.53. The summed E-state index contributed by atoms with van der Waals surface area (Å²) in [7, 11) is 1.61. The first kappa shape index (κ1) is 19.8. The van der Waals surface area contributed by atoms with E-state index in [-0.39, 0.29) is 18.5 Å². The van der Waals surface area contributed by atoms with Gasteiger partial charge in [0, 0.05) is 0 Å². The summed E-state index contributed by atoms with van der Waals surface area (Å²) in [6, 6.07) is 7.16. The zero-order valence-electron chi connectivity index (χ0n) is 15.7. The van der Waals surface area contributed by atoms with Crippen LogP contribution in [0.4, 0.5) is 0 Å². The average Bonchev–Trinajstić information content (AvgIpc) is 3.14. The Hall–Kier alpha value is -2.47. The molecule has 0 aliphatic heterocycles. The van der Waals surface area contributed by atoms with Gasteiger partial charge in [-0.15, -0.1) is 0 Å². The Morgan fingerprint density at radius 2 is 2.08 bits per heavy atom. The van der Waals surface area contributed by atoms with Gasteiger partial charge in [-0.25, -0.2) is 0 Å². The number of ether oxygens (including phenoxy) is 2. The summed E-state index contributed by atoms with van der Waals surface area (Å²) >= 11 is 0. The van der Waals surface area contributed by atoms with E-state index in [0.29, 0.717) is 29.4 Å². The van der Waals surface area contributed by atoms with E-state index >= 15 is 0 Å². The highest BCUT2D eigenvalue weighted by atomic mass is 16.5. The largest absolute Gasteiger partial charge is 0.493 e. The summed E-state index contributed by atoms with van der Waals surface area (Å²) in [5, 5.41) is 2.94. The molecule has 1 atom stereocenters. The highest BCUT2D eigenvalue weighted by molar-refractivity contribution is 5.94. The van der Waals surface area contributed by atoms with Crippen LogP contribution in [0.5, 0.6) is 11.5 Å². The molecule has 2 rings (SSSR count). The van der Waals surface area contributed by atoms with E-state index in [2.05, 4.69) is 12.2 Å². The van der Waals surface area contributed by atoms with Crippen LogP contribution in [0.15, 0.2) is 34.9 Å². The first-order chi connectivity index (χ1) is 12.6. The van der Waals surface area contributed by atoms with Crippen molar-refractivity contribution in [1.82, 2.24) is 5.32 Å². The predicted molar refractivity (Wildman–Crippen MR) is 100 cm³/mol. The number of benzene rings is 1. The topological polar surface area (TPSA) is 86.7 Å². The molecule has 0 saturated heterocycles. The van der Waals surface area contributed by atoms with Crippen LogP contribution >= 0.6 is 0 Å². The van der Waals surface area contributed by atoms with Crippen molar-refractivity contribution in [2.75, 3.05) is 13.7 Å². The molecule has 0 radical (unpaired) electrons. The number of furan rings is 1. The van der Waals surface area contributed by atoms with Crippen molar-refractivity contribution < 1.29 is 18.7 Å². The van der Waals surface area contributed by atoms with Crippen LogP contribution < -0.4 is 20.5 Å². The summed E-state index contributed by atoms with van der Waals surface area (Å²) in [6.45, 7) is 5.00. The van der Waals surface area contributed by atoms with Gasteiger partial charge in [0.25, 0.3) is 5.91 Å². The molecule has 2 aromatic rings. The minimum absolute atomic E-state index is 0.193. The van der Waals surface area contributed by atoms with Crippen molar-refractivity contribution in [3.8, 4) is 11.5 Å². The Morgan fingerprint density at radius 1 is 1.27 bits per heavy atom. The van der Waals surface area contributed by atoms with Gasteiger partial charge in [0.15, 0.2) is 11.5 Å². The van der Waals surface area contributed by atoms with E-state index < -0.39 is 0 Å². The average molecular weight is 360 g/mol. The number of carbonyl (C=O) groups excluding carboxylic acids is 1. The number of unbranched alkanes of at least 4 members (excludes halogenated alkanes) is 2. The second-order valence-corrected chi connectivity index (χ2v) is 6.17. The van der Waals surface area contributed by atoms with E-state index in [1.807, 2.05) is 25.1 Å². The van der Waals surface area contributed by atoms with Crippen molar-refractivity contribution in [1.29, 1.82) is 0 Å². The highest BCUT2D eigenvalue weighted by Crippen LogP contribution is 2.30. The molecule has 142 valence electrons. The molecule has 0 bridgehead atoms. The number of hydrogen-bond donors (Lipinski definition) is 2. The maximum atomic E-state index is 12.3. The van der Waals surface area contributed by atoms with Gasteiger partial charge < -0.3 is 24.9 Å². The molecule has 0 aliphatic rings. The molecule has 6 nitrogen and oxygen atoms in total. The molecule has 1 heterocycles. The first-order valence-corrected chi connectivity index (χ1v) is 8.98. The lowest BCUT2D eigenvalue weighted by atomic mass is 10.1. The Labute approximate surface area is 154 Å². The van der Waals surface area contributed by atoms with Crippen molar-refractivity contribution in [2.45, 2.75) is 45.7 Å². The number of rotatable bonds is 10. The van der Waals surface area contributed by atoms with Gasteiger partial charge >= 0.3 is 0 Å². The lowest BCUT2D eigenvalue weighted by molar-refractivity contribution is 0.0939. The van der Waals surface area contributed by atoms with E-state index in [0.717, 1.165) is 24.8 Å². The van der Waals surface area contributed by atoms with E-state index in [1.165, 1.54) is 6.26 Å². The van der Waals surface area contributed by atoms with Crippen molar-refractivity contribution >= 4 is 5.91 Å². The van der Waals surface area contributed by atoms with E-state index in [9.17, 15) is 4.79 Å². The third-order valence-corrected chi connectivity index (χ3v) is 4.16. The zero-order valence-corrected chi connectivity index (χ0v) is 15.7. The summed E-state index contributed by atoms with van der Waals surface area (Å²) in [6.07, 6.45) is 4.73.